The third-order valence-electron chi connectivity index (χ3n) is 7.01. The van der Waals surface area contributed by atoms with Crippen molar-refractivity contribution in [3.05, 3.63) is 89.8 Å². The van der Waals surface area contributed by atoms with Crippen LogP contribution in [0.3, 0.4) is 0 Å². The molecule has 1 unspecified atom stereocenters. The van der Waals surface area contributed by atoms with Crippen molar-refractivity contribution in [1.82, 2.24) is 0 Å². The van der Waals surface area contributed by atoms with Crippen LogP contribution in [0, 0.1) is 11.7 Å². The van der Waals surface area contributed by atoms with Crippen LogP contribution in [0.25, 0.3) is 17.2 Å². The van der Waals surface area contributed by atoms with Gasteiger partial charge in [-0.15, -0.1) is 0 Å². The fourth-order valence-corrected chi connectivity index (χ4v) is 4.98. The SMILES string of the molecule is [B]C(c1ccc(-c2ccc(N(C)C)cc2)cc1F)N(C(=O)C1CCCCC1)c1cccc(/C=C/C)c1. The van der Waals surface area contributed by atoms with Gasteiger partial charge in [0.25, 0.3) is 0 Å². The molecule has 0 aromatic heterocycles. The van der Waals surface area contributed by atoms with E-state index in [2.05, 4.69) is 0 Å². The number of nitrogens with zero attached hydrogens (tertiary/aromatic N) is 2. The van der Waals surface area contributed by atoms with Crippen LogP contribution < -0.4 is 9.80 Å². The first-order valence-electron chi connectivity index (χ1n) is 12.8. The van der Waals surface area contributed by atoms with Crippen molar-refractivity contribution in [2.75, 3.05) is 23.9 Å². The number of allylic oxidation sites excluding steroid dienone is 1. The van der Waals surface area contributed by atoms with Gasteiger partial charge >= 0.3 is 0 Å². The molecule has 0 saturated heterocycles. The molecule has 0 aliphatic heterocycles. The fraction of sp³-hybridized carbons (Fsp3) is 0.323. The van der Waals surface area contributed by atoms with Crippen LogP contribution in [0.15, 0.2) is 72.8 Å². The maximum atomic E-state index is 15.5. The highest BCUT2D eigenvalue weighted by atomic mass is 19.1. The predicted octanol–water partition coefficient (Wildman–Crippen LogP) is 7.37. The van der Waals surface area contributed by atoms with Gasteiger partial charge in [-0.05, 0) is 66.8 Å². The van der Waals surface area contributed by atoms with Gasteiger partial charge < -0.3 is 9.80 Å². The summed E-state index contributed by atoms with van der Waals surface area (Å²) in [4.78, 5) is 17.4. The van der Waals surface area contributed by atoms with Crippen LogP contribution in [0.5, 0.6) is 0 Å². The largest absolute Gasteiger partial charge is 0.378 e. The number of anilines is 2. The minimum absolute atomic E-state index is 0.0254. The molecule has 1 saturated carbocycles. The molecule has 4 rings (SSSR count). The fourth-order valence-electron chi connectivity index (χ4n) is 4.98. The van der Waals surface area contributed by atoms with E-state index in [0.717, 1.165) is 54.5 Å². The average Bonchev–Trinajstić information content (AvgIpc) is 2.89. The van der Waals surface area contributed by atoms with Crippen molar-refractivity contribution in [2.24, 2.45) is 5.92 Å². The number of hydrogen-bond acceptors (Lipinski definition) is 2. The summed E-state index contributed by atoms with van der Waals surface area (Å²) >= 11 is 0. The molecule has 0 heterocycles. The molecule has 0 N–H and O–H groups in total. The number of hydrogen-bond donors (Lipinski definition) is 0. The molecule has 184 valence electrons. The van der Waals surface area contributed by atoms with E-state index in [1.54, 1.807) is 11.0 Å². The third kappa shape index (κ3) is 5.72. The van der Waals surface area contributed by atoms with E-state index < -0.39 is 11.8 Å². The zero-order valence-electron chi connectivity index (χ0n) is 21.5. The van der Waals surface area contributed by atoms with E-state index in [9.17, 15) is 4.79 Å². The summed E-state index contributed by atoms with van der Waals surface area (Å²) in [5, 5.41) is 0. The molecule has 5 heteroatoms. The Kier molecular flexibility index (Phi) is 8.30. The van der Waals surface area contributed by atoms with Crippen LogP contribution in [0.4, 0.5) is 15.8 Å². The Morgan fingerprint density at radius 2 is 1.64 bits per heavy atom. The molecular formula is C31H34BFN2O. The lowest BCUT2D eigenvalue weighted by Crippen LogP contribution is -2.40. The molecule has 1 fully saturated rings. The highest BCUT2D eigenvalue weighted by molar-refractivity contribution is 6.18. The van der Waals surface area contributed by atoms with Crippen LogP contribution >= 0.6 is 0 Å². The third-order valence-corrected chi connectivity index (χ3v) is 7.01. The molecule has 0 spiro atoms. The quantitative estimate of drug-likeness (QED) is 0.330. The standard InChI is InChI=1S/C31H34BFN2O/c1-4-9-22-10-8-13-27(20-22)35(31(36)24-11-6-5-7-12-24)30(32)28-19-16-25(21-29(28)33)23-14-17-26(18-15-23)34(2)3/h4,8-10,13-21,24,30H,5-7,11-12H2,1-3H3/b9-4+. The molecule has 1 amide bonds. The summed E-state index contributed by atoms with van der Waals surface area (Å²) in [5.74, 6) is -1.46. The van der Waals surface area contributed by atoms with E-state index in [4.69, 9.17) is 7.85 Å². The van der Waals surface area contributed by atoms with Crippen LogP contribution in [0.1, 0.15) is 56.1 Å². The number of halogens is 1. The second-order valence-corrected chi connectivity index (χ2v) is 9.76. The van der Waals surface area contributed by atoms with Crippen LogP contribution in [-0.4, -0.2) is 27.8 Å². The Bertz CT molecular complexity index is 1220. The van der Waals surface area contributed by atoms with Gasteiger partial charge in [0, 0.05) is 42.9 Å². The summed E-state index contributed by atoms with van der Waals surface area (Å²) in [7, 11) is 10.7. The summed E-state index contributed by atoms with van der Waals surface area (Å²) in [5.41, 5.74) is 4.75. The summed E-state index contributed by atoms with van der Waals surface area (Å²) in [6.45, 7) is 1.95. The van der Waals surface area contributed by atoms with E-state index >= 15 is 4.39 Å². The van der Waals surface area contributed by atoms with Crippen LogP contribution in [0.2, 0.25) is 0 Å². The molecule has 1 aliphatic rings. The molecule has 1 atom stereocenters. The molecule has 3 aromatic carbocycles. The smallest absolute Gasteiger partial charge is 0.229 e. The number of carbonyl (C=O) groups is 1. The van der Waals surface area contributed by atoms with Gasteiger partial charge in [-0.1, -0.05) is 67.8 Å². The van der Waals surface area contributed by atoms with Gasteiger partial charge in [-0.25, -0.2) is 4.39 Å². The van der Waals surface area contributed by atoms with Crippen molar-refractivity contribution in [3.63, 3.8) is 0 Å². The van der Waals surface area contributed by atoms with Gasteiger partial charge in [0.2, 0.25) is 5.91 Å². The molecule has 36 heavy (non-hydrogen) atoms. The van der Waals surface area contributed by atoms with E-state index in [-0.39, 0.29) is 11.8 Å². The molecule has 1 aliphatic carbocycles. The van der Waals surface area contributed by atoms with Crippen molar-refractivity contribution in [2.45, 2.75) is 45.0 Å². The van der Waals surface area contributed by atoms with Gasteiger partial charge in [0.05, 0.1) is 0 Å². The normalized spacial score (nSPS) is 15.1. The van der Waals surface area contributed by atoms with Gasteiger partial charge in [0.1, 0.15) is 13.7 Å². The first kappa shape index (κ1) is 25.7. The lowest BCUT2D eigenvalue weighted by molar-refractivity contribution is -0.123. The van der Waals surface area contributed by atoms with Crippen molar-refractivity contribution in [3.8, 4) is 11.1 Å². The zero-order valence-corrected chi connectivity index (χ0v) is 21.5. The Hall–Kier alpha value is -3.34. The van der Waals surface area contributed by atoms with Crippen LogP contribution in [-0.2, 0) is 4.79 Å². The molecule has 2 radical (unpaired) electrons. The molecular weight excluding hydrogens is 446 g/mol. The van der Waals surface area contributed by atoms with E-state index in [0.29, 0.717) is 11.3 Å². The molecule has 3 nitrogen and oxygen atoms in total. The number of rotatable bonds is 7. The Morgan fingerprint density at radius 1 is 0.944 bits per heavy atom. The maximum Gasteiger partial charge on any atom is 0.229 e. The van der Waals surface area contributed by atoms with Crippen molar-refractivity contribution in [1.29, 1.82) is 0 Å². The Morgan fingerprint density at radius 3 is 2.28 bits per heavy atom. The summed E-state index contributed by atoms with van der Waals surface area (Å²) in [6.07, 6.45) is 8.85. The monoisotopic (exact) mass is 480 g/mol. The Balaban J connectivity index is 1.68. The molecule has 3 aromatic rings. The maximum absolute atomic E-state index is 15.5. The number of amides is 1. The second-order valence-electron chi connectivity index (χ2n) is 9.76. The highest BCUT2D eigenvalue weighted by Gasteiger charge is 2.31. The lowest BCUT2D eigenvalue weighted by atomic mass is 9.82. The zero-order chi connectivity index (χ0) is 25.7. The number of carbonyl (C=O) groups excluding carboxylic acids is 1. The van der Waals surface area contributed by atoms with Crippen molar-refractivity contribution < 1.29 is 9.18 Å². The first-order chi connectivity index (χ1) is 17.4. The average molecular weight is 480 g/mol. The predicted molar refractivity (Wildman–Crippen MR) is 150 cm³/mol. The summed E-state index contributed by atoms with van der Waals surface area (Å²) in [6, 6.07) is 20.8. The first-order valence-corrected chi connectivity index (χ1v) is 12.8. The lowest BCUT2D eigenvalue weighted by Gasteiger charge is -2.35. The van der Waals surface area contributed by atoms with E-state index in [1.165, 1.54) is 6.07 Å². The summed E-state index contributed by atoms with van der Waals surface area (Å²) < 4.78 is 15.5. The van der Waals surface area contributed by atoms with Crippen molar-refractivity contribution >= 4 is 31.2 Å². The second kappa shape index (κ2) is 11.6. The topological polar surface area (TPSA) is 23.6 Å². The molecule has 0 bridgehead atoms. The minimum Gasteiger partial charge on any atom is -0.378 e. The minimum atomic E-state index is -0.926. The van der Waals surface area contributed by atoms with Gasteiger partial charge in [-0.3, -0.25) is 4.79 Å². The van der Waals surface area contributed by atoms with Gasteiger partial charge in [-0.2, -0.15) is 0 Å². The Labute approximate surface area is 216 Å². The highest BCUT2D eigenvalue weighted by Crippen LogP contribution is 2.34. The van der Waals surface area contributed by atoms with E-state index in [1.807, 2.05) is 92.7 Å². The number of benzene rings is 3. The van der Waals surface area contributed by atoms with Gasteiger partial charge in [0.15, 0.2) is 0 Å².